The monoisotopic (exact) mass is 339 g/mol. The summed E-state index contributed by atoms with van der Waals surface area (Å²) in [6.07, 6.45) is 1.59. The van der Waals surface area contributed by atoms with Crippen molar-refractivity contribution in [2.45, 2.75) is 12.8 Å². The minimum Gasteiger partial charge on any atom is -0.381 e. The third-order valence-corrected chi connectivity index (χ3v) is 5.94. The standard InChI is InChI=1S/C15H21N3O4S/c19-15(16-10-12-5-7-22-11-12)17-13-3-1-4-14(9-13)18-6-2-8-23(18,20)21/h1,3-4,9,12H,2,5-8,10-11H2,(H2,16,17,19)/t12-/m0/s1. The van der Waals surface area contributed by atoms with Gasteiger partial charge in [-0.05, 0) is 31.0 Å². The van der Waals surface area contributed by atoms with Gasteiger partial charge in [0.25, 0.3) is 0 Å². The number of carbonyl (C=O) groups is 1. The van der Waals surface area contributed by atoms with Crippen LogP contribution in [0, 0.1) is 5.92 Å². The van der Waals surface area contributed by atoms with Crippen molar-refractivity contribution in [3.63, 3.8) is 0 Å². The average Bonchev–Trinajstić information content (AvgIpc) is 3.14. The number of amides is 2. The third-order valence-electron chi connectivity index (χ3n) is 4.07. The van der Waals surface area contributed by atoms with E-state index in [1.54, 1.807) is 24.3 Å². The van der Waals surface area contributed by atoms with Crippen molar-refractivity contribution >= 4 is 27.4 Å². The molecule has 2 aliphatic rings. The molecule has 7 nitrogen and oxygen atoms in total. The first kappa shape index (κ1) is 16.1. The zero-order valence-corrected chi connectivity index (χ0v) is 13.6. The summed E-state index contributed by atoms with van der Waals surface area (Å²) in [6.45, 7) is 2.49. The second kappa shape index (κ2) is 6.76. The van der Waals surface area contributed by atoms with E-state index in [2.05, 4.69) is 10.6 Å². The van der Waals surface area contributed by atoms with Crippen LogP contribution in [0.2, 0.25) is 0 Å². The number of nitrogens with one attached hydrogen (secondary N) is 2. The minimum absolute atomic E-state index is 0.175. The number of carbonyl (C=O) groups excluding carboxylic acids is 1. The summed E-state index contributed by atoms with van der Waals surface area (Å²) in [6, 6.07) is 6.61. The number of hydrogen-bond donors (Lipinski definition) is 2. The summed E-state index contributed by atoms with van der Waals surface area (Å²) in [4.78, 5) is 11.9. The molecule has 2 amide bonds. The Morgan fingerprint density at radius 2 is 2.26 bits per heavy atom. The van der Waals surface area contributed by atoms with Crippen LogP contribution in [-0.4, -0.2) is 46.5 Å². The fourth-order valence-electron chi connectivity index (χ4n) is 2.82. The quantitative estimate of drug-likeness (QED) is 0.868. The van der Waals surface area contributed by atoms with Crippen LogP contribution in [0.15, 0.2) is 24.3 Å². The molecule has 2 N–H and O–H groups in total. The summed E-state index contributed by atoms with van der Waals surface area (Å²) < 4.78 is 30.6. The van der Waals surface area contributed by atoms with Gasteiger partial charge in [0.05, 0.1) is 18.0 Å². The summed E-state index contributed by atoms with van der Waals surface area (Å²) in [5.41, 5.74) is 1.16. The zero-order chi connectivity index (χ0) is 16.3. The van der Waals surface area contributed by atoms with E-state index in [0.717, 1.165) is 13.0 Å². The molecule has 0 bridgehead atoms. The normalized spacial score (nSPS) is 23.0. The molecule has 2 saturated heterocycles. The van der Waals surface area contributed by atoms with Gasteiger partial charge < -0.3 is 15.4 Å². The molecule has 0 spiro atoms. The summed E-state index contributed by atoms with van der Waals surface area (Å²) in [7, 11) is -3.22. The van der Waals surface area contributed by atoms with Crippen LogP contribution in [0.25, 0.3) is 0 Å². The van der Waals surface area contributed by atoms with Crippen molar-refractivity contribution in [1.82, 2.24) is 5.32 Å². The van der Waals surface area contributed by atoms with Gasteiger partial charge in [0.15, 0.2) is 0 Å². The van der Waals surface area contributed by atoms with E-state index in [9.17, 15) is 13.2 Å². The van der Waals surface area contributed by atoms with Gasteiger partial charge in [-0.25, -0.2) is 13.2 Å². The first-order valence-electron chi connectivity index (χ1n) is 7.78. The van der Waals surface area contributed by atoms with E-state index in [1.807, 2.05) is 0 Å². The number of benzene rings is 1. The van der Waals surface area contributed by atoms with Crippen LogP contribution in [-0.2, 0) is 14.8 Å². The predicted molar refractivity (Wildman–Crippen MR) is 88.1 cm³/mol. The highest BCUT2D eigenvalue weighted by atomic mass is 32.2. The SMILES string of the molecule is O=C(NC[C@@H]1CCOC1)Nc1cccc(N2CCCS2(=O)=O)c1. The van der Waals surface area contributed by atoms with Crippen molar-refractivity contribution < 1.29 is 17.9 Å². The van der Waals surface area contributed by atoms with Crippen LogP contribution < -0.4 is 14.9 Å². The highest BCUT2D eigenvalue weighted by Crippen LogP contribution is 2.26. The van der Waals surface area contributed by atoms with E-state index in [0.29, 0.717) is 43.4 Å². The molecule has 0 aliphatic carbocycles. The average molecular weight is 339 g/mol. The molecule has 23 heavy (non-hydrogen) atoms. The van der Waals surface area contributed by atoms with Gasteiger partial charge in [-0.1, -0.05) is 6.07 Å². The van der Waals surface area contributed by atoms with Crippen molar-refractivity contribution in [3.05, 3.63) is 24.3 Å². The lowest BCUT2D eigenvalue weighted by Crippen LogP contribution is -2.33. The molecule has 8 heteroatoms. The largest absolute Gasteiger partial charge is 0.381 e. The number of sulfonamides is 1. The van der Waals surface area contributed by atoms with Crippen LogP contribution in [0.1, 0.15) is 12.8 Å². The molecule has 0 aromatic heterocycles. The Bertz CT molecular complexity index is 671. The molecule has 0 unspecified atom stereocenters. The number of nitrogens with zero attached hydrogens (tertiary/aromatic N) is 1. The molecule has 3 rings (SSSR count). The minimum atomic E-state index is -3.22. The van der Waals surface area contributed by atoms with E-state index in [4.69, 9.17) is 4.74 Å². The van der Waals surface area contributed by atoms with Gasteiger partial charge in [-0.2, -0.15) is 0 Å². The lowest BCUT2D eigenvalue weighted by atomic mass is 10.1. The van der Waals surface area contributed by atoms with Gasteiger partial charge in [-0.3, -0.25) is 4.31 Å². The number of urea groups is 1. The van der Waals surface area contributed by atoms with Crippen molar-refractivity contribution in [2.75, 3.05) is 41.7 Å². The molecule has 1 atom stereocenters. The second-order valence-electron chi connectivity index (χ2n) is 5.86. The Kier molecular flexibility index (Phi) is 4.72. The topological polar surface area (TPSA) is 87.7 Å². The first-order chi connectivity index (χ1) is 11.0. The summed E-state index contributed by atoms with van der Waals surface area (Å²) in [5, 5.41) is 5.56. The fourth-order valence-corrected chi connectivity index (χ4v) is 4.38. The fraction of sp³-hybridized carbons (Fsp3) is 0.533. The predicted octanol–water partition coefficient (Wildman–Crippen LogP) is 1.38. The Balaban J connectivity index is 1.60. The number of anilines is 2. The maximum atomic E-state index is 12.0. The number of ether oxygens (including phenoxy) is 1. The lowest BCUT2D eigenvalue weighted by molar-refractivity contribution is 0.185. The van der Waals surface area contributed by atoms with Crippen molar-refractivity contribution in [2.24, 2.45) is 5.92 Å². The van der Waals surface area contributed by atoms with Gasteiger partial charge in [0.1, 0.15) is 0 Å². The van der Waals surface area contributed by atoms with Crippen LogP contribution in [0.5, 0.6) is 0 Å². The maximum Gasteiger partial charge on any atom is 0.319 e. The molecule has 2 fully saturated rings. The maximum absolute atomic E-state index is 12.0. The van der Waals surface area contributed by atoms with Gasteiger partial charge >= 0.3 is 6.03 Å². The zero-order valence-electron chi connectivity index (χ0n) is 12.8. The number of rotatable bonds is 4. The molecule has 1 aromatic carbocycles. The summed E-state index contributed by atoms with van der Waals surface area (Å²) >= 11 is 0. The third kappa shape index (κ3) is 3.94. The lowest BCUT2D eigenvalue weighted by Gasteiger charge is -2.18. The molecular weight excluding hydrogens is 318 g/mol. The van der Waals surface area contributed by atoms with Crippen LogP contribution >= 0.6 is 0 Å². The molecule has 0 saturated carbocycles. The summed E-state index contributed by atoms with van der Waals surface area (Å²) in [5.74, 6) is 0.538. The smallest absolute Gasteiger partial charge is 0.319 e. The Morgan fingerprint density at radius 1 is 1.39 bits per heavy atom. The van der Waals surface area contributed by atoms with Gasteiger partial charge in [0, 0.05) is 31.3 Å². The Labute approximate surface area is 136 Å². The molecule has 0 radical (unpaired) electrons. The highest BCUT2D eigenvalue weighted by Gasteiger charge is 2.28. The van der Waals surface area contributed by atoms with Gasteiger partial charge in [0.2, 0.25) is 10.0 Å². The van der Waals surface area contributed by atoms with Crippen molar-refractivity contribution in [3.8, 4) is 0 Å². The van der Waals surface area contributed by atoms with E-state index >= 15 is 0 Å². The van der Waals surface area contributed by atoms with Gasteiger partial charge in [-0.15, -0.1) is 0 Å². The first-order valence-corrected chi connectivity index (χ1v) is 9.38. The number of hydrogen-bond acceptors (Lipinski definition) is 4. The molecule has 2 aliphatic heterocycles. The second-order valence-corrected chi connectivity index (χ2v) is 7.87. The molecule has 126 valence electrons. The van der Waals surface area contributed by atoms with E-state index < -0.39 is 10.0 Å². The van der Waals surface area contributed by atoms with Crippen molar-refractivity contribution in [1.29, 1.82) is 0 Å². The molecular formula is C15H21N3O4S. The highest BCUT2D eigenvalue weighted by molar-refractivity contribution is 7.93. The van der Waals surface area contributed by atoms with Crippen LogP contribution in [0.3, 0.4) is 0 Å². The molecule has 1 aromatic rings. The Morgan fingerprint density at radius 3 is 2.96 bits per heavy atom. The van der Waals surface area contributed by atoms with E-state index in [-0.39, 0.29) is 11.8 Å². The molecule has 2 heterocycles. The van der Waals surface area contributed by atoms with Crippen LogP contribution in [0.4, 0.5) is 16.2 Å². The van der Waals surface area contributed by atoms with E-state index in [1.165, 1.54) is 4.31 Å². The Hall–Kier alpha value is -1.80.